The fourth-order valence-corrected chi connectivity index (χ4v) is 3.92. The number of amides is 1. The second kappa shape index (κ2) is 10.9. The number of carbonyl (C=O) groups excluding carboxylic acids is 2. The summed E-state index contributed by atoms with van der Waals surface area (Å²) in [6.07, 6.45) is -8.78. The summed E-state index contributed by atoms with van der Waals surface area (Å²) in [4.78, 5) is 26.4. The van der Waals surface area contributed by atoms with Crippen LogP contribution in [-0.4, -0.2) is 23.5 Å². The minimum Gasteiger partial charge on any atom is -0.459 e. The summed E-state index contributed by atoms with van der Waals surface area (Å²) in [6.45, 7) is 1.12. The van der Waals surface area contributed by atoms with Gasteiger partial charge >= 0.3 is 24.2 Å². The third kappa shape index (κ3) is 6.35. The normalized spacial score (nSPS) is 11.9. The van der Waals surface area contributed by atoms with E-state index in [1.807, 2.05) is 0 Å². The van der Waals surface area contributed by atoms with Crippen LogP contribution >= 0.6 is 0 Å². The molecule has 4 aromatic rings. The lowest BCUT2D eigenvalue weighted by atomic mass is 10.0. The summed E-state index contributed by atoms with van der Waals surface area (Å²) < 4.78 is 107. The predicted molar refractivity (Wildman–Crippen MR) is 129 cm³/mol. The van der Waals surface area contributed by atoms with E-state index in [0.717, 1.165) is 0 Å². The number of aromatic amines is 1. The van der Waals surface area contributed by atoms with Gasteiger partial charge in [0.25, 0.3) is 0 Å². The number of hydrogen-bond acceptors (Lipinski definition) is 4. The number of anilines is 1. The highest BCUT2D eigenvalue weighted by molar-refractivity contribution is 6.37. The van der Waals surface area contributed by atoms with E-state index in [-0.39, 0.29) is 24.5 Å². The largest absolute Gasteiger partial charge is 0.459 e. The van der Waals surface area contributed by atoms with E-state index in [9.17, 15) is 40.3 Å². The molecule has 6 nitrogen and oxygen atoms in total. The van der Waals surface area contributed by atoms with E-state index in [1.165, 1.54) is 37.3 Å². The number of nitrogens with one attached hydrogen (secondary N) is 2. The zero-order valence-corrected chi connectivity index (χ0v) is 20.5. The molecule has 1 heterocycles. The van der Waals surface area contributed by atoms with Crippen LogP contribution in [0, 0.1) is 5.82 Å². The summed E-state index contributed by atoms with van der Waals surface area (Å²) in [5.74, 6) is -5.34. The molecule has 0 aliphatic carbocycles. The first-order valence-corrected chi connectivity index (χ1v) is 11.6. The summed E-state index contributed by atoms with van der Waals surface area (Å²) >= 11 is 0. The van der Waals surface area contributed by atoms with Crippen molar-refractivity contribution >= 4 is 28.5 Å². The highest BCUT2D eigenvalue weighted by atomic mass is 19.4. The van der Waals surface area contributed by atoms with Crippen molar-refractivity contribution in [2.75, 3.05) is 11.9 Å². The zero-order chi connectivity index (χ0) is 29.2. The van der Waals surface area contributed by atoms with Gasteiger partial charge in [-0.25, -0.2) is 9.18 Å². The Hall–Kier alpha value is -4.55. The molecule has 13 heteroatoms. The van der Waals surface area contributed by atoms with Crippen molar-refractivity contribution in [2.45, 2.75) is 25.7 Å². The number of ether oxygens (including phenoxy) is 2. The van der Waals surface area contributed by atoms with E-state index in [1.54, 1.807) is 23.6 Å². The molecule has 0 bridgehead atoms. The standard InChI is InChI=1S/C27H19F7N2O4/c1-2-39-25(38)24(37)36-17-10-20(26(29,30)31)23(21(11-17)27(32,33)34)40-18-7-8-22-19(12-18)15(13-35-22)9-14-3-5-16(28)6-4-14/h3-8,10-13,35H,2,9H2,1H3,(H,36,37). The van der Waals surface area contributed by atoms with Crippen LogP contribution in [0.3, 0.4) is 0 Å². The van der Waals surface area contributed by atoms with Gasteiger partial charge in [-0.2, -0.15) is 26.3 Å². The highest BCUT2D eigenvalue weighted by Gasteiger charge is 2.43. The molecular formula is C27H19F7N2O4. The van der Waals surface area contributed by atoms with E-state index in [4.69, 9.17) is 4.74 Å². The Kier molecular flexibility index (Phi) is 7.76. The fourth-order valence-electron chi connectivity index (χ4n) is 3.92. The van der Waals surface area contributed by atoms with E-state index in [0.29, 0.717) is 28.5 Å². The molecule has 0 fully saturated rings. The Morgan fingerprint density at radius 3 is 2.10 bits per heavy atom. The minimum atomic E-state index is -5.34. The van der Waals surface area contributed by atoms with Crippen molar-refractivity contribution in [3.05, 3.63) is 88.9 Å². The third-order valence-electron chi connectivity index (χ3n) is 5.69. The number of rotatable bonds is 6. The Morgan fingerprint density at radius 1 is 0.900 bits per heavy atom. The molecule has 40 heavy (non-hydrogen) atoms. The van der Waals surface area contributed by atoms with Crippen LogP contribution in [0.15, 0.2) is 60.8 Å². The number of hydrogen-bond donors (Lipinski definition) is 2. The van der Waals surface area contributed by atoms with Gasteiger partial charge in [-0.1, -0.05) is 12.1 Å². The van der Waals surface area contributed by atoms with Gasteiger partial charge in [0, 0.05) is 22.8 Å². The van der Waals surface area contributed by atoms with E-state index in [2.05, 4.69) is 9.72 Å². The molecule has 4 rings (SSSR count). The number of benzene rings is 3. The molecule has 0 atom stereocenters. The van der Waals surface area contributed by atoms with Gasteiger partial charge < -0.3 is 19.8 Å². The molecule has 210 valence electrons. The monoisotopic (exact) mass is 568 g/mol. The molecule has 0 saturated heterocycles. The molecule has 1 amide bonds. The number of carbonyl (C=O) groups is 2. The Bertz CT molecular complexity index is 1520. The minimum absolute atomic E-state index is 0.233. The SMILES string of the molecule is CCOC(=O)C(=O)Nc1cc(C(F)(F)F)c(Oc2ccc3[nH]cc(Cc4ccc(F)cc4)c3c2)c(C(F)(F)F)c1. The van der Waals surface area contributed by atoms with Gasteiger partial charge in [0.2, 0.25) is 0 Å². The van der Waals surface area contributed by atoms with Crippen molar-refractivity contribution in [3.8, 4) is 11.5 Å². The molecule has 0 unspecified atom stereocenters. The Balaban J connectivity index is 1.76. The number of fused-ring (bicyclic) bond motifs is 1. The molecular weight excluding hydrogens is 549 g/mol. The molecule has 0 radical (unpaired) electrons. The van der Waals surface area contributed by atoms with Crippen LogP contribution < -0.4 is 10.1 Å². The average Bonchev–Trinajstić information content (AvgIpc) is 3.26. The number of aromatic nitrogens is 1. The second-order valence-corrected chi connectivity index (χ2v) is 8.50. The van der Waals surface area contributed by atoms with Crippen LogP contribution in [0.25, 0.3) is 10.9 Å². The molecule has 1 aromatic heterocycles. The molecule has 0 aliphatic rings. The van der Waals surface area contributed by atoms with E-state index >= 15 is 0 Å². The van der Waals surface area contributed by atoms with Crippen LogP contribution in [0.2, 0.25) is 0 Å². The average molecular weight is 568 g/mol. The maximum Gasteiger partial charge on any atom is 0.420 e. The first-order chi connectivity index (χ1) is 18.8. The lowest BCUT2D eigenvalue weighted by Crippen LogP contribution is -2.25. The first kappa shape index (κ1) is 28.5. The lowest BCUT2D eigenvalue weighted by molar-refractivity contribution is -0.152. The molecule has 0 aliphatic heterocycles. The van der Waals surface area contributed by atoms with Crippen LogP contribution in [0.5, 0.6) is 11.5 Å². The summed E-state index contributed by atoms with van der Waals surface area (Å²) in [5, 5.41) is 2.16. The Labute approximate surface area is 221 Å². The maximum atomic E-state index is 14.0. The van der Waals surface area contributed by atoms with Crippen molar-refractivity contribution in [3.63, 3.8) is 0 Å². The molecule has 2 N–H and O–H groups in total. The number of H-pyrrole nitrogens is 1. The number of esters is 1. The summed E-state index contributed by atoms with van der Waals surface area (Å²) in [7, 11) is 0. The zero-order valence-electron chi connectivity index (χ0n) is 20.5. The highest BCUT2D eigenvalue weighted by Crippen LogP contribution is 2.47. The van der Waals surface area contributed by atoms with Gasteiger partial charge in [-0.15, -0.1) is 0 Å². The van der Waals surface area contributed by atoms with Crippen LogP contribution in [0.4, 0.5) is 36.4 Å². The van der Waals surface area contributed by atoms with Crippen molar-refractivity contribution < 1.29 is 49.8 Å². The smallest absolute Gasteiger partial charge is 0.420 e. The van der Waals surface area contributed by atoms with Gasteiger partial charge in [0.1, 0.15) is 22.7 Å². The van der Waals surface area contributed by atoms with Gasteiger partial charge in [0.15, 0.2) is 5.75 Å². The maximum absolute atomic E-state index is 14.0. The summed E-state index contributed by atoms with van der Waals surface area (Å²) in [6, 6.07) is 9.97. The third-order valence-corrected chi connectivity index (χ3v) is 5.69. The Morgan fingerprint density at radius 2 is 1.52 bits per heavy atom. The quantitative estimate of drug-likeness (QED) is 0.146. The van der Waals surface area contributed by atoms with Crippen LogP contribution in [0.1, 0.15) is 29.2 Å². The topological polar surface area (TPSA) is 80.4 Å². The second-order valence-electron chi connectivity index (χ2n) is 8.50. The molecule has 3 aromatic carbocycles. The van der Waals surface area contributed by atoms with Gasteiger partial charge in [-0.05, 0) is 66.9 Å². The van der Waals surface area contributed by atoms with E-state index < -0.39 is 52.6 Å². The number of halogens is 7. The van der Waals surface area contributed by atoms with Crippen molar-refractivity contribution in [1.29, 1.82) is 0 Å². The van der Waals surface area contributed by atoms with Gasteiger partial charge in [0.05, 0.1) is 6.61 Å². The van der Waals surface area contributed by atoms with Gasteiger partial charge in [-0.3, -0.25) is 4.79 Å². The van der Waals surface area contributed by atoms with Crippen LogP contribution in [-0.2, 0) is 33.1 Å². The lowest BCUT2D eigenvalue weighted by Gasteiger charge is -2.21. The first-order valence-electron chi connectivity index (χ1n) is 11.6. The fraction of sp³-hybridized carbons (Fsp3) is 0.185. The summed E-state index contributed by atoms with van der Waals surface area (Å²) in [5.41, 5.74) is -2.71. The van der Waals surface area contributed by atoms with Crippen molar-refractivity contribution in [2.24, 2.45) is 0 Å². The predicted octanol–water partition coefficient (Wildman–Crippen LogP) is 7.23. The number of alkyl halides is 6. The molecule has 0 spiro atoms. The molecule has 0 saturated carbocycles. The van der Waals surface area contributed by atoms with Crippen molar-refractivity contribution in [1.82, 2.24) is 4.98 Å².